The third-order valence-corrected chi connectivity index (χ3v) is 6.17. The number of hydrogen-bond acceptors (Lipinski definition) is 7. The molecule has 1 saturated heterocycles. The predicted octanol–water partition coefficient (Wildman–Crippen LogP) is 3.55. The van der Waals surface area contributed by atoms with Crippen LogP contribution in [0, 0.1) is 0 Å². The third-order valence-electron chi connectivity index (χ3n) is 4.23. The highest BCUT2D eigenvalue weighted by Crippen LogP contribution is 2.28. The van der Waals surface area contributed by atoms with Crippen LogP contribution in [0.4, 0.5) is 5.95 Å². The zero-order valence-corrected chi connectivity index (χ0v) is 16.3. The maximum Gasteiger partial charge on any atom is 0.228 e. The first kappa shape index (κ1) is 17.5. The minimum atomic E-state index is 0.750. The number of anilines is 1. The first-order chi connectivity index (χ1) is 12.8. The number of aromatic nitrogens is 4. The molecule has 0 atom stereocenters. The molecule has 0 aliphatic carbocycles. The van der Waals surface area contributed by atoms with Crippen molar-refractivity contribution in [2.75, 3.05) is 31.2 Å². The Hall–Kier alpha value is -1.90. The molecule has 0 unspecified atom stereocenters. The molecular formula is C18H21N5OS2. The van der Waals surface area contributed by atoms with E-state index < -0.39 is 0 Å². The average Bonchev–Trinajstić information content (AvgIpc) is 3.34. The molecule has 2 aromatic heterocycles. The minimum Gasteiger partial charge on any atom is -0.378 e. The Balaban J connectivity index is 1.45. The summed E-state index contributed by atoms with van der Waals surface area (Å²) in [5.74, 6) is 1.74. The summed E-state index contributed by atoms with van der Waals surface area (Å²) < 4.78 is 7.62. The van der Waals surface area contributed by atoms with Gasteiger partial charge in [-0.1, -0.05) is 42.1 Å². The van der Waals surface area contributed by atoms with Crippen LogP contribution < -0.4 is 4.90 Å². The van der Waals surface area contributed by atoms with E-state index in [-0.39, 0.29) is 0 Å². The Morgan fingerprint density at radius 2 is 1.96 bits per heavy atom. The average molecular weight is 388 g/mol. The number of thioether (sulfide) groups is 1. The van der Waals surface area contributed by atoms with E-state index in [1.54, 1.807) is 23.1 Å². The van der Waals surface area contributed by atoms with Gasteiger partial charge in [-0.2, -0.15) is 0 Å². The lowest BCUT2D eigenvalue weighted by Gasteiger charge is -2.27. The summed E-state index contributed by atoms with van der Waals surface area (Å²) in [5.41, 5.74) is 2.25. The lowest BCUT2D eigenvalue weighted by atomic mass is 10.2. The van der Waals surface area contributed by atoms with Crippen molar-refractivity contribution in [1.82, 2.24) is 19.7 Å². The first-order valence-corrected chi connectivity index (χ1v) is 10.6. The predicted molar refractivity (Wildman–Crippen MR) is 106 cm³/mol. The van der Waals surface area contributed by atoms with E-state index in [0.717, 1.165) is 60.4 Å². The maximum absolute atomic E-state index is 5.43. The van der Waals surface area contributed by atoms with Gasteiger partial charge in [-0.3, -0.25) is 4.57 Å². The van der Waals surface area contributed by atoms with Crippen molar-refractivity contribution in [3.8, 4) is 10.6 Å². The van der Waals surface area contributed by atoms with Gasteiger partial charge in [0.1, 0.15) is 5.01 Å². The van der Waals surface area contributed by atoms with Crippen LogP contribution in [0.1, 0.15) is 12.6 Å². The van der Waals surface area contributed by atoms with Gasteiger partial charge >= 0.3 is 0 Å². The molecule has 3 heterocycles. The van der Waals surface area contributed by atoms with E-state index in [1.165, 1.54) is 5.56 Å². The Labute approximate surface area is 161 Å². The van der Waals surface area contributed by atoms with Crippen LogP contribution in [-0.2, 0) is 17.0 Å². The van der Waals surface area contributed by atoms with Gasteiger partial charge in [0.05, 0.1) is 18.9 Å². The van der Waals surface area contributed by atoms with Crippen molar-refractivity contribution in [2.45, 2.75) is 24.4 Å². The number of nitrogens with zero attached hydrogens (tertiary/aromatic N) is 5. The highest BCUT2D eigenvalue weighted by Gasteiger charge is 2.20. The van der Waals surface area contributed by atoms with Crippen molar-refractivity contribution in [3.63, 3.8) is 0 Å². The molecule has 1 aliphatic rings. The van der Waals surface area contributed by atoms with Crippen LogP contribution in [0.2, 0.25) is 0 Å². The molecule has 0 bridgehead atoms. The number of morpholine rings is 1. The second-order valence-corrected chi connectivity index (χ2v) is 7.73. The fourth-order valence-corrected chi connectivity index (χ4v) is 4.71. The fourth-order valence-electron chi connectivity index (χ4n) is 2.89. The first-order valence-electron chi connectivity index (χ1n) is 8.73. The normalized spacial score (nSPS) is 14.7. The number of ether oxygens (including phenoxy) is 1. The summed E-state index contributed by atoms with van der Waals surface area (Å²) in [6, 6.07) is 10.3. The van der Waals surface area contributed by atoms with Crippen LogP contribution in [0.5, 0.6) is 0 Å². The molecular weight excluding hydrogens is 366 g/mol. The molecule has 1 aliphatic heterocycles. The Bertz CT molecular complexity index is 842. The van der Waals surface area contributed by atoms with E-state index in [2.05, 4.69) is 44.1 Å². The summed E-state index contributed by atoms with van der Waals surface area (Å²) in [5, 5.41) is 13.0. The molecule has 6 nitrogen and oxygen atoms in total. The number of benzene rings is 1. The van der Waals surface area contributed by atoms with Gasteiger partial charge in [-0.05, 0) is 6.92 Å². The van der Waals surface area contributed by atoms with Gasteiger partial charge in [-0.15, -0.1) is 21.5 Å². The van der Waals surface area contributed by atoms with Gasteiger partial charge < -0.3 is 9.64 Å². The van der Waals surface area contributed by atoms with Crippen LogP contribution in [0.25, 0.3) is 10.6 Å². The van der Waals surface area contributed by atoms with Crippen LogP contribution in [0.3, 0.4) is 0 Å². The second-order valence-electron chi connectivity index (χ2n) is 5.92. The molecule has 8 heteroatoms. The highest BCUT2D eigenvalue weighted by molar-refractivity contribution is 7.98. The topological polar surface area (TPSA) is 56.1 Å². The Kier molecular flexibility index (Phi) is 5.52. The highest BCUT2D eigenvalue weighted by atomic mass is 32.2. The fraction of sp³-hybridized carbons (Fsp3) is 0.389. The second kappa shape index (κ2) is 8.20. The van der Waals surface area contributed by atoms with Crippen LogP contribution >= 0.6 is 23.1 Å². The van der Waals surface area contributed by atoms with Gasteiger partial charge in [0.15, 0.2) is 5.16 Å². The van der Waals surface area contributed by atoms with Crippen molar-refractivity contribution in [2.24, 2.45) is 0 Å². The number of rotatable bonds is 6. The Morgan fingerprint density at radius 1 is 1.15 bits per heavy atom. The molecule has 1 aromatic carbocycles. The SMILES string of the molecule is CCn1c(SCc2csc(-c3ccccc3)n2)nnc1N1CCOCC1. The van der Waals surface area contributed by atoms with Crippen LogP contribution in [-0.4, -0.2) is 46.1 Å². The molecule has 3 aromatic rings. The summed E-state index contributed by atoms with van der Waals surface area (Å²) >= 11 is 3.38. The number of hydrogen-bond donors (Lipinski definition) is 0. The lowest BCUT2D eigenvalue weighted by molar-refractivity contribution is 0.121. The van der Waals surface area contributed by atoms with E-state index in [1.807, 2.05) is 18.2 Å². The smallest absolute Gasteiger partial charge is 0.228 e. The summed E-state index contributed by atoms with van der Waals surface area (Å²) in [4.78, 5) is 7.01. The molecule has 0 saturated carbocycles. The number of thiazole rings is 1. The molecule has 0 N–H and O–H groups in total. The minimum absolute atomic E-state index is 0.750. The monoisotopic (exact) mass is 387 g/mol. The van der Waals surface area contributed by atoms with E-state index >= 15 is 0 Å². The molecule has 0 spiro atoms. The van der Waals surface area contributed by atoms with Gasteiger partial charge in [0.25, 0.3) is 0 Å². The zero-order chi connectivity index (χ0) is 17.8. The van der Waals surface area contributed by atoms with E-state index in [0.29, 0.717) is 0 Å². The molecule has 1 fully saturated rings. The molecule has 0 amide bonds. The van der Waals surface area contributed by atoms with E-state index in [4.69, 9.17) is 9.72 Å². The van der Waals surface area contributed by atoms with Crippen molar-refractivity contribution >= 4 is 29.0 Å². The Morgan fingerprint density at radius 3 is 2.73 bits per heavy atom. The van der Waals surface area contributed by atoms with Crippen LogP contribution in [0.15, 0.2) is 40.9 Å². The molecule has 4 rings (SSSR count). The van der Waals surface area contributed by atoms with Gasteiger partial charge in [-0.25, -0.2) is 4.98 Å². The van der Waals surface area contributed by atoms with E-state index in [9.17, 15) is 0 Å². The van der Waals surface area contributed by atoms with Gasteiger partial charge in [0.2, 0.25) is 5.95 Å². The summed E-state index contributed by atoms with van der Waals surface area (Å²) in [6.45, 7) is 6.23. The molecule has 26 heavy (non-hydrogen) atoms. The zero-order valence-electron chi connectivity index (χ0n) is 14.7. The standard InChI is InChI=1S/C18H21N5OS2/c1-2-23-17(22-8-10-24-11-9-22)20-21-18(23)26-13-15-12-25-16(19-15)14-6-4-3-5-7-14/h3-7,12H,2,8-11,13H2,1H3. The summed E-state index contributed by atoms with van der Waals surface area (Å²) in [7, 11) is 0. The van der Waals surface area contributed by atoms with Crippen molar-refractivity contribution in [1.29, 1.82) is 0 Å². The van der Waals surface area contributed by atoms with Crippen molar-refractivity contribution < 1.29 is 4.74 Å². The summed E-state index contributed by atoms with van der Waals surface area (Å²) in [6.07, 6.45) is 0. The molecule has 136 valence electrons. The molecule has 0 radical (unpaired) electrons. The largest absolute Gasteiger partial charge is 0.378 e. The quantitative estimate of drug-likeness (QED) is 0.603. The van der Waals surface area contributed by atoms with Crippen molar-refractivity contribution in [3.05, 3.63) is 41.4 Å². The maximum atomic E-state index is 5.43. The lowest BCUT2D eigenvalue weighted by Crippen LogP contribution is -2.38. The van der Waals surface area contributed by atoms with Gasteiger partial charge in [0, 0.05) is 36.3 Å². The third kappa shape index (κ3) is 3.77.